The minimum atomic E-state index is -5.08. The van der Waals surface area contributed by atoms with Gasteiger partial charge < -0.3 is 29.1 Å². The summed E-state index contributed by atoms with van der Waals surface area (Å²) in [5, 5.41) is 44.8. The molecular weight excluding hydrogens is 879 g/mol. The maximum atomic E-state index is 14.3. The largest absolute Gasteiger partial charge is 0.423 e. The molecule has 0 saturated carbocycles. The highest BCUT2D eigenvalue weighted by atomic mass is 19.4. The number of likely N-dealkylation sites (tertiary alicyclic amines) is 2. The molecule has 2 amide bonds. The van der Waals surface area contributed by atoms with Crippen LogP contribution in [0.15, 0.2) is 109 Å². The van der Waals surface area contributed by atoms with E-state index in [1.54, 1.807) is 60.7 Å². The van der Waals surface area contributed by atoms with E-state index < -0.39 is 69.4 Å². The highest BCUT2D eigenvalue weighted by Crippen LogP contribution is 2.46. The third-order valence-corrected chi connectivity index (χ3v) is 12.1. The molecule has 4 aromatic carbocycles. The molecule has 2 N–H and O–H groups in total. The lowest BCUT2D eigenvalue weighted by molar-refractivity contribution is -0.384. The van der Waals surface area contributed by atoms with Crippen LogP contribution in [0.1, 0.15) is 60.8 Å². The average molecular weight is 923 g/mol. The van der Waals surface area contributed by atoms with E-state index >= 15 is 0 Å². The second-order valence-electron chi connectivity index (χ2n) is 16.5. The number of aromatic nitrogens is 2. The van der Waals surface area contributed by atoms with Gasteiger partial charge in [0.1, 0.15) is 0 Å². The van der Waals surface area contributed by atoms with E-state index in [0.29, 0.717) is 25.7 Å². The summed E-state index contributed by atoms with van der Waals surface area (Å²) in [4.78, 5) is 47.9. The number of halogens is 6. The van der Waals surface area contributed by atoms with E-state index in [9.17, 15) is 66.4 Å². The molecule has 20 heteroatoms. The number of aliphatic hydroxyl groups is 2. The van der Waals surface area contributed by atoms with Gasteiger partial charge in [0.15, 0.2) is 0 Å². The van der Waals surface area contributed by atoms with Crippen LogP contribution in [0.3, 0.4) is 0 Å². The van der Waals surface area contributed by atoms with Gasteiger partial charge in [-0.1, -0.05) is 60.7 Å². The zero-order chi connectivity index (χ0) is 47.6. The number of β-amino-alcohol motifs (C(OH)–C–C–N with tert-alkyl or cyclic N) is 2. The molecule has 14 nitrogen and oxygen atoms in total. The Kier molecular flexibility index (Phi) is 13.3. The molecule has 2 fully saturated rings. The van der Waals surface area contributed by atoms with Crippen molar-refractivity contribution in [3.8, 4) is 0 Å². The summed E-state index contributed by atoms with van der Waals surface area (Å²) in [6.45, 7) is -1.31. The smallest absolute Gasteiger partial charge is 0.375 e. The Morgan fingerprint density at radius 3 is 1.23 bits per heavy atom. The number of nitrogens with zero attached hydrogens (tertiary/aromatic N) is 6. The normalized spacial score (nSPS) is 16.7. The Morgan fingerprint density at radius 1 is 0.545 bits per heavy atom. The van der Waals surface area contributed by atoms with Crippen molar-refractivity contribution in [2.45, 2.75) is 75.2 Å². The quantitative estimate of drug-likeness (QED) is 0.0696. The lowest BCUT2D eigenvalue weighted by Gasteiger charge is -2.37. The molecule has 0 radical (unpaired) electrons. The van der Waals surface area contributed by atoms with Crippen LogP contribution in [0, 0.1) is 20.2 Å². The zero-order valence-corrected chi connectivity index (χ0v) is 35.2. The van der Waals surface area contributed by atoms with Crippen LogP contribution in [0.25, 0.3) is 21.8 Å². The molecule has 2 atom stereocenters. The molecule has 4 heterocycles. The Bertz CT molecular complexity index is 2570. The van der Waals surface area contributed by atoms with Crippen LogP contribution in [-0.4, -0.2) is 89.3 Å². The van der Waals surface area contributed by atoms with Gasteiger partial charge in [-0.3, -0.25) is 29.8 Å². The number of alkyl halides is 6. The maximum Gasteiger partial charge on any atom is 0.423 e. The number of benzene rings is 4. The number of non-ortho nitro benzene ring substituents is 2. The second kappa shape index (κ2) is 18.6. The SMILES string of the molecule is O=C1CCCCN1CC(O)(c1cn(Cc2ccccc2)c2cc([N+](=O)[O-])ccc12)C(F)(F)F.O=C1CCCCN1CC(O)(c1cn(Cc2ccccc2)c2cc([N+](=O)[O-])ccc12)C(F)(F)F. The monoisotopic (exact) mass is 922 g/mol. The Labute approximate surface area is 372 Å². The number of carbonyl (C=O) groups excluding carboxylic acids is 2. The fourth-order valence-electron chi connectivity index (χ4n) is 8.53. The first-order valence-electron chi connectivity index (χ1n) is 21.0. The van der Waals surface area contributed by atoms with Crippen molar-refractivity contribution in [2.24, 2.45) is 0 Å². The Hall–Kier alpha value is -6.80. The summed E-state index contributed by atoms with van der Waals surface area (Å²) >= 11 is 0. The number of carbonyl (C=O) groups is 2. The Balaban J connectivity index is 0.000000196. The predicted molar refractivity (Wildman–Crippen MR) is 229 cm³/mol. The summed E-state index contributed by atoms with van der Waals surface area (Å²) in [5.74, 6) is -0.875. The van der Waals surface area contributed by atoms with Gasteiger partial charge in [0.25, 0.3) is 11.4 Å². The molecule has 2 unspecified atom stereocenters. The Morgan fingerprint density at radius 2 is 0.909 bits per heavy atom. The van der Waals surface area contributed by atoms with Gasteiger partial charge in [-0.15, -0.1) is 0 Å². The van der Waals surface area contributed by atoms with Gasteiger partial charge in [0, 0.05) is 97.6 Å². The van der Waals surface area contributed by atoms with Gasteiger partial charge in [-0.25, -0.2) is 0 Å². The molecular formula is C46H44F6N6O8. The number of nitro benzene ring substituents is 2. The van der Waals surface area contributed by atoms with Crippen LogP contribution in [0.4, 0.5) is 37.7 Å². The number of fused-ring (bicyclic) bond motifs is 2. The molecule has 6 aromatic rings. The van der Waals surface area contributed by atoms with Crippen molar-refractivity contribution in [1.82, 2.24) is 18.9 Å². The van der Waals surface area contributed by atoms with Gasteiger partial charge in [0.05, 0.1) is 34.0 Å². The first-order chi connectivity index (χ1) is 31.2. The molecule has 2 aromatic heterocycles. The minimum absolute atomic E-state index is 0.0424. The number of nitro groups is 2. The first kappa shape index (κ1) is 47.2. The van der Waals surface area contributed by atoms with Crippen molar-refractivity contribution in [1.29, 1.82) is 0 Å². The summed E-state index contributed by atoms with van der Waals surface area (Å²) in [6, 6.07) is 24.9. The summed E-state index contributed by atoms with van der Waals surface area (Å²) in [6.07, 6.45) is -5.22. The lowest BCUT2D eigenvalue weighted by Crippen LogP contribution is -2.53. The van der Waals surface area contributed by atoms with Gasteiger partial charge in [0.2, 0.25) is 23.0 Å². The van der Waals surface area contributed by atoms with Crippen LogP contribution < -0.4 is 0 Å². The predicted octanol–water partition coefficient (Wildman–Crippen LogP) is 8.72. The van der Waals surface area contributed by atoms with E-state index in [1.165, 1.54) is 45.8 Å². The van der Waals surface area contributed by atoms with E-state index in [1.807, 2.05) is 0 Å². The average Bonchev–Trinajstić information content (AvgIpc) is 3.83. The highest BCUT2D eigenvalue weighted by molar-refractivity contribution is 5.88. The van der Waals surface area contributed by atoms with Crippen LogP contribution in [0.2, 0.25) is 0 Å². The van der Waals surface area contributed by atoms with Crippen molar-refractivity contribution >= 4 is 45.0 Å². The minimum Gasteiger partial charge on any atom is -0.375 e. The molecule has 8 rings (SSSR count). The summed E-state index contributed by atoms with van der Waals surface area (Å²) < 4.78 is 88.9. The molecule has 0 aliphatic carbocycles. The van der Waals surface area contributed by atoms with E-state index in [4.69, 9.17) is 0 Å². The van der Waals surface area contributed by atoms with Crippen molar-refractivity contribution < 1.29 is 56.0 Å². The van der Waals surface area contributed by atoms with Crippen LogP contribution in [0.5, 0.6) is 0 Å². The number of amides is 2. The maximum absolute atomic E-state index is 14.3. The fraction of sp³-hybridized carbons (Fsp3) is 0.348. The summed E-state index contributed by atoms with van der Waals surface area (Å²) in [7, 11) is 0. The number of piperidine rings is 2. The number of hydrogen-bond donors (Lipinski definition) is 2. The standard InChI is InChI=1S/2C23H22F3N3O4/c2*24-23(25,26)22(31,15-27-11-5-4-8-21(27)30)19-14-28(13-16-6-2-1-3-7-16)20-12-17(29(32)33)9-10-18(19)20/h2*1-3,6-7,9-10,12,14,31H,4-5,8,11,13,15H2. The molecule has 66 heavy (non-hydrogen) atoms. The highest BCUT2D eigenvalue weighted by Gasteiger charge is 2.59. The van der Waals surface area contributed by atoms with E-state index in [0.717, 1.165) is 33.1 Å². The van der Waals surface area contributed by atoms with Gasteiger partial charge in [-0.05, 0) is 48.9 Å². The fourth-order valence-corrected chi connectivity index (χ4v) is 8.53. The molecule has 0 bridgehead atoms. The van der Waals surface area contributed by atoms with Crippen LogP contribution >= 0.6 is 0 Å². The van der Waals surface area contributed by atoms with Crippen LogP contribution in [-0.2, 0) is 33.9 Å². The third-order valence-electron chi connectivity index (χ3n) is 12.1. The van der Waals surface area contributed by atoms with Gasteiger partial charge >= 0.3 is 12.4 Å². The lowest BCUT2D eigenvalue weighted by atomic mass is 9.91. The number of rotatable bonds is 12. The third kappa shape index (κ3) is 9.60. The molecule has 2 saturated heterocycles. The number of hydrogen-bond acceptors (Lipinski definition) is 8. The first-order valence-corrected chi connectivity index (χ1v) is 21.0. The second-order valence-corrected chi connectivity index (χ2v) is 16.5. The van der Waals surface area contributed by atoms with Crippen molar-refractivity contribution in [2.75, 3.05) is 26.2 Å². The van der Waals surface area contributed by atoms with E-state index in [2.05, 4.69) is 0 Å². The molecule has 0 spiro atoms. The molecule has 348 valence electrons. The van der Waals surface area contributed by atoms with Crippen molar-refractivity contribution in [3.63, 3.8) is 0 Å². The topological polar surface area (TPSA) is 177 Å². The van der Waals surface area contributed by atoms with Crippen molar-refractivity contribution in [3.05, 3.63) is 152 Å². The molecule has 2 aliphatic heterocycles. The van der Waals surface area contributed by atoms with Gasteiger partial charge in [-0.2, -0.15) is 26.3 Å². The molecule has 2 aliphatic rings. The summed E-state index contributed by atoms with van der Waals surface area (Å²) in [5.41, 5.74) is -6.17. The van der Waals surface area contributed by atoms with E-state index in [-0.39, 0.29) is 72.2 Å². The zero-order valence-electron chi connectivity index (χ0n) is 35.2.